The van der Waals surface area contributed by atoms with Crippen LogP contribution < -0.4 is 9.47 Å². The maximum absolute atomic E-state index is 12.3. The SMILES string of the molecule is COc1ccc2c(c1OC)C(=O)O[C@H]2CC(=O)c1ccccc1. The van der Waals surface area contributed by atoms with Crippen molar-refractivity contribution in [1.29, 1.82) is 0 Å². The van der Waals surface area contributed by atoms with E-state index in [1.165, 1.54) is 14.2 Å². The van der Waals surface area contributed by atoms with Crippen molar-refractivity contribution in [2.75, 3.05) is 14.2 Å². The Bertz CT molecular complexity index is 752. The first kappa shape index (κ1) is 15.1. The molecule has 0 amide bonds. The average molecular weight is 312 g/mol. The fourth-order valence-corrected chi connectivity index (χ4v) is 2.73. The van der Waals surface area contributed by atoms with Gasteiger partial charge in [-0.25, -0.2) is 4.79 Å². The van der Waals surface area contributed by atoms with Crippen LogP contribution in [0.5, 0.6) is 11.5 Å². The molecule has 1 atom stereocenters. The Kier molecular flexibility index (Phi) is 4.02. The molecule has 2 aromatic carbocycles. The predicted octanol–water partition coefficient (Wildman–Crippen LogP) is 3.19. The van der Waals surface area contributed by atoms with Gasteiger partial charge in [0.05, 0.1) is 20.6 Å². The van der Waals surface area contributed by atoms with Gasteiger partial charge in [0.2, 0.25) is 0 Å². The fourth-order valence-electron chi connectivity index (χ4n) is 2.73. The minimum Gasteiger partial charge on any atom is -0.493 e. The van der Waals surface area contributed by atoms with E-state index in [9.17, 15) is 9.59 Å². The normalized spacial score (nSPS) is 15.7. The Morgan fingerprint density at radius 2 is 1.83 bits per heavy atom. The summed E-state index contributed by atoms with van der Waals surface area (Å²) in [6.45, 7) is 0. The van der Waals surface area contributed by atoms with Crippen molar-refractivity contribution in [3.05, 3.63) is 59.2 Å². The zero-order chi connectivity index (χ0) is 16.4. The maximum atomic E-state index is 12.3. The molecule has 5 heteroatoms. The number of ether oxygens (including phenoxy) is 3. The second-order valence-electron chi connectivity index (χ2n) is 5.15. The molecule has 0 radical (unpaired) electrons. The van der Waals surface area contributed by atoms with Gasteiger partial charge >= 0.3 is 5.97 Å². The predicted molar refractivity (Wildman–Crippen MR) is 83.1 cm³/mol. The van der Waals surface area contributed by atoms with Gasteiger partial charge in [-0.2, -0.15) is 0 Å². The largest absolute Gasteiger partial charge is 0.493 e. The number of fused-ring (bicyclic) bond motifs is 1. The third-order valence-corrected chi connectivity index (χ3v) is 3.84. The quantitative estimate of drug-likeness (QED) is 0.627. The molecule has 23 heavy (non-hydrogen) atoms. The van der Waals surface area contributed by atoms with Crippen molar-refractivity contribution in [3.63, 3.8) is 0 Å². The van der Waals surface area contributed by atoms with Crippen LogP contribution in [0, 0.1) is 0 Å². The zero-order valence-corrected chi connectivity index (χ0v) is 12.9. The summed E-state index contributed by atoms with van der Waals surface area (Å²) in [6.07, 6.45) is -0.511. The summed E-state index contributed by atoms with van der Waals surface area (Å²) in [5.41, 5.74) is 1.58. The summed E-state index contributed by atoms with van der Waals surface area (Å²) in [5.74, 6) is 0.218. The first-order chi connectivity index (χ1) is 11.2. The summed E-state index contributed by atoms with van der Waals surface area (Å²) in [4.78, 5) is 24.5. The molecule has 0 unspecified atom stereocenters. The molecule has 1 heterocycles. The van der Waals surface area contributed by atoms with Crippen molar-refractivity contribution in [3.8, 4) is 11.5 Å². The highest BCUT2D eigenvalue weighted by Gasteiger charge is 2.36. The molecule has 0 fully saturated rings. The fraction of sp³-hybridized carbons (Fsp3) is 0.222. The number of rotatable bonds is 5. The molecule has 0 aromatic heterocycles. The van der Waals surface area contributed by atoms with Gasteiger partial charge in [0.15, 0.2) is 17.3 Å². The van der Waals surface area contributed by atoms with Crippen LogP contribution in [0.25, 0.3) is 0 Å². The monoisotopic (exact) mass is 312 g/mol. The molecule has 118 valence electrons. The van der Waals surface area contributed by atoms with E-state index in [4.69, 9.17) is 14.2 Å². The van der Waals surface area contributed by atoms with Gasteiger partial charge in [0.1, 0.15) is 11.7 Å². The van der Waals surface area contributed by atoms with E-state index in [1.54, 1.807) is 36.4 Å². The smallest absolute Gasteiger partial charge is 0.343 e. The van der Waals surface area contributed by atoms with Gasteiger partial charge in [-0.1, -0.05) is 36.4 Å². The van der Waals surface area contributed by atoms with Gasteiger partial charge < -0.3 is 14.2 Å². The molecular weight excluding hydrogens is 296 g/mol. The second-order valence-corrected chi connectivity index (χ2v) is 5.15. The number of carbonyl (C=O) groups excluding carboxylic acids is 2. The van der Waals surface area contributed by atoms with E-state index in [2.05, 4.69) is 0 Å². The second kappa shape index (κ2) is 6.12. The molecule has 0 aliphatic carbocycles. The lowest BCUT2D eigenvalue weighted by Gasteiger charge is -2.12. The summed E-state index contributed by atoms with van der Waals surface area (Å²) in [7, 11) is 2.97. The van der Waals surface area contributed by atoms with Crippen LogP contribution >= 0.6 is 0 Å². The lowest BCUT2D eigenvalue weighted by Crippen LogP contribution is -2.07. The molecule has 5 nitrogen and oxygen atoms in total. The van der Waals surface area contributed by atoms with E-state index in [1.807, 2.05) is 6.07 Å². The minimum atomic E-state index is -0.606. The first-order valence-electron chi connectivity index (χ1n) is 7.19. The molecule has 0 bridgehead atoms. The molecule has 0 saturated carbocycles. The van der Waals surface area contributed by atoms with Crippen molar-refractivity contribution in [2.24, 2.45) is 0 Å². The van der Waals surface area contributed by atoms with Crippen LogP contribution in [0.2, 0.25) is 0 Å². The highest BCUT2D eigenvalue weighted by atomic mass is 16.6. The number of methoxy groups -OCH3 is 2. The summed E-state index contributed by atoms with van der Waals surface area (Å²) in [5, 5.41) is 0. The number of esters is 1. The molecule has 0 N–H and O–H groups in total. The Labute approximate surface area is 133 Å². The molecule has 2 aromatic rings. The van der Waals surface area contributed by atoms with Crippen LogP contribution in [-0.2, 0) is 4.74 Å². The number of hydrogen-bond donors (Lipinski definition) is 0. The van der Waals surface area contributed by atoms with Gasteiger partial charge in [0.25, 0.3) is 0 Å². The molecular formula is C18H16O5. The molecule has 0 saturated heterocycles. The van der Waals surface area contributed by atoms with Gasteiger partial charge in [-0.3, -0.25) is 4.79 Å². The number of carbonyl (C=O) groups is 2. The van der Waals surface area contributed by atoms with E-state index >= 15 is 0 Å². The molecule has 1 aliphatic heterocycles. The number of benzene rings is 2. The summed E-state index contributed by atoms with van der Waals surface area (Å²) in [6, 6.07) is 12.4. The highest BCUT2D eigenvalue weighted by Crippen LogP contribution is 2.43. The van der Waals surface area contributed by atoms with Crippen LogP contribution in [0.3, 0.4) is 0 Å². The molecule has 1 aliphatic rings. The van der Waals surface area contributed by atoms with E-state index in [-0.39, 0.29) is 12.2 Å². The standard InChI is InChI=1S/C18H16O5/c1-21-14-9-8-12-15(23-18(20)16(12)17(14)22-2)10-13(19)11-6-4-3-5-7-11/h3-9,15H,10H2,1-2H3/t15-/m0/s1. The lowest BCUT2D eigenvalue weighted by atomic mass is 9.97. The third kappa shape index (κ3) is 2.65. The van der Waals surface area contributed by atoms with Gasteiger partial charge in [-0.15, -0.1) is 0 Å². The topological polar surface area (TPSA) is 61.8 Å². The summed E-state index contributed by atoms with van der Waals surface area (Å²) >= 11 is 0. The third-order valence-electron chi connectivity index (χ3n) is 3.84. The Balaban J connectivity index is 1.92. The van der Waals surface area contributed by atoms with Gasteiger partial charge in [0, 0.05) is 11.1 Å². The molecule has 3 rings (SSSR count). The number of cyclic esters (lactones) is 1. The Hall–Kier alpha value is -2.82. The molecule has 0 spiro atoms. The first-order valence-corrected chi connectivity index (χ1v) is 7.19. The maximum Gasteiger partial charge on any atom is 0.343 e. The van der Waals surface area contributed by atoms with E-state index in [0.29, 0.717) is 28.2 Å². The van der Waals surface area contributed by atoms with Crippen molar-refractivity contribution in [2.45, 2.75) is 12.5 Å². The lowest BCUT2D eigenvalue weighted by molar-refractivity contribution is 0.0365. The highest BCUT2D eigenvalue weighted by molar-refractivity contribution is 6.00. The van der Waals surface area contributed by atoms with Crippen molar-refractivity contribution < 1.29 is 23.8 Å². The number of Topliss-reactive ketones (excluding diaryl/α,β-unsaturated/α-hetero) is 1. The zero-order valence-electron chi connectivity index (χ0n) is 12.9. The van der Waals surface area contributed by atoms with Crippen LogP contribution in [0.4, 0.5) is 0 Å². The van der Waals surface area contributed by atoms with E-state index in [0.717, 1.165) is 0 Å². The average Bonchev–Trinajstić information content (AvgIpc) is 2.90. The van der Waals surface area contributed by atoms with Crippen LogP contribution in [0.1, 0.15) is 38.8 Å². The summed E-state index contributed by atoms with van der Waals surface area (Å²) < 4.78 is 15.8. The van der Waals surface area contributed by atoms with Crippen molar-refractivity contribution in [1.82, 2.24) is 0 Å². The van der Waals surface area contributed by atoms with Crippen LogP contribution in [-0.4, -0.2) is 26.0 Å². The van der Waals surface area contributed by atoms with Gasteiger partial charge in [-0.05, 0) is 6.07 Å². The Morgan fingerprint density at radius 3 is 2.48 bits per heavy atom. The minimum absolute atomic E-state index is 0.0777. The van der Waals surface area contributed by atoms with Crippen molar-refractivity contribution >= 4 is 11.8 Å². The number of hydrogen-bond acceptors (Lipinski definition) is 5. The van der Waals surface area contributed by atoms with E-state index < -0.39 is 12.1 Å². The Morgan fingerprint density at radius 1 is 1.09 bits per heavy atom. The van der Waals surface area contributed by atoms with Crippen LogP contribution in [0.15, 0.2) is 42.5 Å². The number of ketones is 1.